The van der Waals surface area contributed by atoms with Crippen molar-refractivity contribution in [3.63, 3.8) is 0 Å². The van der Waals surface area contributed by atoms with E-state index < -0.39 is 0 Å². The van der Waals surface area contributed by atoms with Gasteiger partial charge in [0.1, 0.15) is 5.75 Å². The van der Waals surface area contributed by atoms with Crippen molar-refractivity contribution < 1.29 is 4.74 Å². The summed E-state index contributed by atoms with van der Waals surface area (Å²) in [6, 6.07) is 13.6. The molecule has 0 aliphatic heterocycles. The smallest absolute Gasteiger partial charge is 0.138 e. The highest BCUT2D eigenvalue weighted by atomic mass is 16.5. The first-order valence-corrected chi connectivity index (χ1v) is 6.64. The van der Waals surface area contributed by atoms with Gasteiger partial charge in [0.15, 0.2) is 0 Å². The Bertz CT molecular complexity index is 929. The van der Waals surface area contributed by atoms with Crippen molar-refractivity contribution in [2.24, 2.45) is 0 Å². The Morgan fingerprint density at radius 2 is 2.05 bits per heavy atom. The summed E-state index contributed by atoms with van der Waals surface area (Å²) in [7, 11) is 1.64. The third kappa shape index (κ3) is 1.84. The van der Waals surface area contributed by atoms with E-state index in [4.69, 9.17) is 4.74 Å². The number of fused-ring (bicyclic) bond motifs is 3. The van der Waals surface area contributed by atoms with Crippen LogP contribution in [0.25, 0.3) is 33.1 Å². The summed E-state index contributed by atoms with van der Waals surface area (Å²) in [5, 5.41) is 2.27. The van der Waals surface area contributed by atoms with Gasteiger partial charge in [-0.1, -0.05) is 18.2 Å². The molecule has 0 spiro atoms. The molecule has 4 nitrogen and oxygen atoms in total. The van der Waals surface area contributed by atoms with Crippen LogP contribution in [-0.2, 0) is 0 Å². The molecule has 0 unspecified atom stereocenters. The second kappa shape index (κ2) is 4.59. The number of nitrogens with one attached hydrogen (secondary N) is 1. The lowest BCUT2D eigenvalue weighted by atomic mass is 10.1. The maximum Gasteiger partial charge on any atom is 0.138 e. The van der Waals surface area contributed by atoms with E-state index in [-0.39, 0.29) is 0 Å². The lowest BCUT2D eigenvalue weighted by molar-refractivity contribution is 0.416. The SMILES string of the molecule is COc1[c]c2[nH]c3ccccc3c2cc1-c1cnccn1. The number of para-hydroxylation sites is 1. The maximum atomic E-state index is 5.46. The summed E-state index contributed by atoms with van der Waals surface area (Å²) in [6.45, 7) is 0. The molecule has 0 saturated carbocycles. The summed E-state index contributed by atoms with van der Waals surface area (Å²) in [5.74, 6) is 0.662. The first kappa shape index (κ1) is 11.9. The Balaban J connectivity index is 2.08. The number of rotatable bonds is 2. The van der Waals surface area contributed by atoms with Crippen molar-refractivity contribution in [1.82, 2.24) is 15.0 Å². The molecule has 4 rings (SSSR count). The van der Waals surface area contributed by atoms with E-state index in [2.05, 4.69) is 39.2 Å². The van der Waals surface area contributed by atoms with Crippen molar-refractivity contribution >= 4 is 21.8 Å². The van der Waals surface area contributed by atoms with Gasteiger partial charge in [-0.2, -0.15) is 0 Å². The number of aromatic amines is 1. The highest BCUT2D eigenvalue weighted by molar-refractivity contribution is 6.08. The topological polar surface area (TPSA) is 50.8 Å². The van der Waals surface area contributed by atoms with Crippen LogP contribution in [-0.4, -0.2) is 22.1 Å². The summed E-state index contributed by atoms with van der Waals surface area (Å²) >= 11 is 0. The molecule has 1 N–H and O–H groups in total. The predicted molar refractivity (Wildman–Crippen MR) is 82.2 cm³/mol. The van der Waals surface area contributed by atoms with Crippen LogP contribution in [0.15, 0.2) is 48.9 Å². The normalized spacial score (nSPS) is 11.1. The zero-order valence-electron chi connectivity index (χ0n) is 11.4. The molecule has 0 bridgehead atoms. The summed E-state index contributed by atoms with van der Waals surface area (Å²) in [4.78, 5) is 11.8. The highest BCUT2D eigenvalue weighted by Gasteiger charge is 2.13. The molecule has 2 aromatic carbocycles. The third-order valence-corrected chi connectivity index (χ3v) is 3.56. The van der Waals surface area contributed by atoms with E-state index in [0.717, 1.165) is 33.1 Å². The van der Waals surface area contributed by atoms with Crippen LogP contribution in [0.2, 0.25) is 0 Å². The Kier molecular flexibility index (Phi) is 2.60. The van der Waals surface area contributed by atoms with Crippen molar-refractivity contribution in [1.29, 1.82) is 0 Å². The van der Waals surface area contributed by atoms with Crippen molar-refractivity contribution in [3.05, 3.63) is 55.0 Å². The number of benzene rings is 2. The minimum atomic E-state index is 0.662. The maximum absolute atomic E-state index is 5.46. The number of aromatic nitrogens is 3. The Morgan fingerprint density at radius 3 is 2.86 bits per heavy atom. The minimum Gasteiger partial charge on any atom is -0.495 e. The van der Waals surface area contributed by atoms with Gasteiger partial charge < -0.3 is 9.72 Å². The molecule has 4 aromatic rings. The van der Waals surface area contributed by atoms with E-state index in [1.54, 1.807) is 25.7 Å². The number of hydrogen-bond acceptors (Lipinski definition) is 3. The number of H-pyrrole nitrogens is 1. The van der Waals surface area contributed by atoms with Gasteiger partial charge in [0.05, 0.1) is 30.6 Å². The van der Waals surface area contributed by atoms with Crippen LogP contribution >= 0.6 is 0 Å². The molecule has 0 fully saturated rings. The Hall–Kier alpha value is -2.88. The van der Waals surface area contributed by atoms with Crippen LogP contribution in [0.1, 0.15) is 0 Å². The zero-order valence-corrected chi connectivity index (χ0v) is 11.4. The molecule has 0 amide bonds. The quantitative estimate of drug-likeness (QED) is 0.607. The molecule has 0 atom stereocenters. The predicted octanol–water partition coefficient (Wildman–Crippen LogP) is 3.59. The molecule has 0 aliphatic rings. The van der Waals surface area contributed by atoms with Gasteiger partial charge in [-0.25, -0.2) is 0 Å². The Labute approximate surface area is 121 Å². The molecule has 101 valence electrons. The first-order valence-electron chi connectivity index (χ1n) is 6.64. The van der Waals surface area contributed by atoms with E-state index in [0.29, 0.717) is 5.75 Å². The monoisotopic (exact) mass is 274 g/mol. The summed E-state index contributed by atoms with van der Waals surface area (Å²) in [6.07, 6.45) is 5.06. The number of methoxy groups -OCH3 is 1. The van der Waals surface area contributed by atoms with E-state index >= 15 is 0 Å². The van der Waals surface area contributed by atoms with Crippen LogP contribution < -0.4 is 4.74 Å². The fourth-order valence-corrected chi connectivity index (χ4v) is 2.59. The zero-order chi connectivity index (χ0) is 14.2. The summed E-state index contributed by atoms with van der Waals surface area (Å²) in [5.41, 5.74) is 3.68. The van der Waals surface area contributed by atoms with Crippen LogP contribution in [0.4, 0.5) is 0 Å². The molecule has 0 saturated heterocycles. The van der Waals surface area contributed by atoms with Crippen LogP contribution in [0.3, 0.4) is 0 Å². The average molecular weight is 274 g/mol. The van der Waals surface area contributed by atoms with Gasteiger partial charge in [-0.3, -0.25) is 9.97 Å². The van der Waals surface area contributed by atoms with Gasteiger partial charge in [0, 0.05) is 34.2 Å². The minimum absolute atomic E-state index is 0.662. The average Bonchev–Trinajstić information content (AvgIpc) is 2.92. The summed E-state index contributed by atoms with van der Waals surface area (Å²) < 4.78 is 5.46. The molecule has 0 aliphatic carbocycles. The van der Waals surface area contributed by atoms with Crippen LogP contribution in [0, 0.1) is 6.07 Å². The van der Waals surface area contributed by atoms with Gasteiger partial charge >= 0.3 is 0 Å². The first-order chi connectivity index (χ1) is 10.4. The molecule has 1 radical (unpaired) electrons. The third-order valence-electron chi connectivity index (χ3n) is 3.56. The van der Waals surface area contributed by atoms with Gasteiger partial charge in [0.2, 0.25) is 0 Å². The molecule has 21 heavy (non-hydrogen) atoms. The second-order valence-electron chi connectivity index (χ2n) is 4.77. The number of ether oxygens (including phenoxy) is 1. The lowest BCUT2D eigenvalue weighted by Crippen LogP contribution is -1.91. The molecular formula is C17H12N3O. The van der Waals surface area contributed by atoms with Crippen molar-refractivity contribution in [3.8, 4) is 17.0 Å². The van der Waals surface area contributed by atoms with E-state index in [1.807, 2.05) is 12.1 Å². The number of nitrogens with zero attached hydrogens (tertiary/aromatic N) is 2. The molecule has 4 heteroatoms. The van der Waals surface area contributed by atoms with Crippen molar-refractivity contribution in [2.45, 2.75) is 0 Å². The molecule has 2 aromatic heterocycles. The highest BCUT2D eigenvalue weighted by Crippen LogP contribution is 2.35. The largest absolute Gasteiger partial charge is 0.495 e. The van der Waals surface area contributed by atoms with Gasteiger partial charge in [0.25, 0.3) is 0 Å². The van der Waals surface area contributed by atoms with Crippen LogP contribution in [0.5, 0.6) is 5.75 Å². The second-order valence-corrected chi connectivity index (χ2v) is 4.77. The fourth-order valence-electron chi connectivity index (χ4n) is 2.59. The molecular weight excluding hydrogens is 262 g/mol. The van der Waals surface area contributed by atoms with E-state index in [9.17, 15) is 0 Å². The van der Waals surface area contributed by atoms with Gasteiger partial charge in [-0.15, -0.1) is 0 Å². The van der Waals surface area contributed by atoms with Crippen molar-refractivity contribution in [2.75, 3.05) is 7.11 Å². The standard InChI is InChI=1S/C17H12N3O/c1-21-17-9-15-12(11-4-2-3-5-14(11)20-15)8-13(17)16-10-18-6-7-19-16/h2-8,10,20H,1H3. The molecule has 2 heterocycles. The van der Waals surface area contributed by atoms with E-state index in [1.165, 1.54) is 0 Å². The Morgan fingerprint density at radius 1 is 1.14 bits per heavy atom. The van der Waals surface area contributed by atoms with Gasteiger partial charge in [-0.05, 0) is 12.1 Å². The lowest BCUT2D eigenvalue weighted by Gasteiger charge is -2.07. The number of hydrogen-bond donors (Lipinski definition) is 1. The fraction of sp³-hybridized carbons (Fsp3) is 0.0588.